The Hall–Kier alpha value is -1.26. The van der Waals surface area contributed by atoms with Crippen LogP contribution >= 0.6 is 0 Å². The SMILES string of the molecule is CCCCCOC(=O)CCCCCCCNC(=O)O. The van der Waals surface area contributed by atoms with Crippen LogP contribution < -0.4 is 5.32 Å². The first kappa shape index (κ1) is 17.7. The summed E-state index contributed by atoms with van der Waals surface area (Å²) in [4.78, 5) is 21.5. The highest BCUT2D eigenvalue weighted by Gasteiger charge is 2.02. The Bertz CT molecular complexity index is 244. The van der Waals surface area contributed by atoms with Gasteiger partial charge in [0.25, 0.3) is 0 Å². The van der Waals surface area contributed by atoms with E-state index in [-0.39, 0.29) is 5.97 Å². The number of hydrogen-bond donors (Lipinski definition) is 2. The Kier molecular flexibility index (Phi) is 12.3. The molecule has 0 spiro atoms. The number of ether oxygens (including phenoxy) is 1. The van der Waals surface area contributed by atoms with Gasteiger partial charge in [-0.1, -0.05) is 39.0 Å². The first-order chi connectivity index (χ1) is 9.16. The lowest BCUT2D eigenvalue weighted by atomic mass is 10.1. The summed E-state index contributed by atoms with van der Waals surface area (Å²) < 4.78 is 5.10. The maximum absolute atomic E-state index is 11.3. The van der Waals surface area contributed by atoms with E-state index in [4.69, 9.17) is 9.84 Å². The summed E-state index contributed by atoms with van der Waals surface area (Å²) >= 11 is 0. The predicted octanol–water partition coefficient (Wildman–Crippen LogP) is 3.33. The average molecular weight is 273 g/mol. The lowest BCUT2D eigenvalue weighted by Gasteiger charge is -2.04. The normalized spacial score (nSPS) is 10.2. The molecule has 1 amide bonds. The molecule has 0 atom stereocenters. The fraction of sp³-hybridized carbons (Fsp3) is 0.857. The maximum Gasteiger partial charge on any atom is 0.404 e. The van der Waals surface area contributed by atoms with Crippen LogP contribution in [0.3, 0.4) is 0 Å². The van der Waals surface area contributed by atoms with E-state index in [0.29, 0.717) is 19.6 Å². The van der Waals surface area contributed by atoms with Crippen molar-refractivity contribution in [2.45, 2.75) is 64.7 Å². The van der Waals surface area contributed by atoms with Crippen molar-refractivity contribution in [3.05, 3.63) is 0 Å². The summed E-state index contributed by atoms with van der Waals surface area (Å²) in [5.74, 6) is -0.0938. The summed E-state index contributed by atoms with van der Waals surface area (Å²) in [6, 6.07) is 0. The van der Waals surface area contributed by atoms with Gasteiger partial charge in [-0.05, 0) is 19.3 Å². The fourth-order valence-electron chi connectivity index (χ4n) is 1.73. The standard InChI is InChI=1S/C14H27NO4/c1-2-3-9-12-19-13(16)10-7-5-4-6-8-11-15-14(17)18/h15H,2-12H2,1H3,(H,17,18). The number of carboxylic acid groups (broad SMARTS) is 1. The van der Waals surface area contributed by atoms with Crippen LogP contribution in [-0.2, 0) is 9.53 Å². The topological polar surface area (TPSA) is 75.6 Å². The molecule has 0 unspecified atom stereocenters. The Labute approximate surface area is 115 Å². The van der Waals surface area contributed by atoms with E-state index < -0.39 is 6.09 Å². The molecule has 2 N–H and O–H groups in total. The Balaban J connectivity index is 3.16. The second kappa shape index (κ2) is 13.2. The number of nitrogens with one attached hydrogen (secondary N) is 1. The van der Waals surface area contributed by atoms with Crippen molar-refractivity contribution >= 4 is 12.1 Å². The number of carbonyl (C=O) groups excluding carboxylic acids is 1. The van der Waals surface area contributed by atoms with Crippen molar-refractivity contribution in [3.63, 3.8) is 0 Å². The van der Waals surface area contributed by atoms with Crippen LogP contribution in [0.2, 0.25) is 0 Å². The Morgan fingerprint density at radius 3 is 2.37 bits per heavy atom. The quantitative estimate of drug-likeness (QED) is 0.422. The molecule has 19 heavy (non-hydrogen) atoms. The molecule has 0 aliphatic rings. The predicted molar refractivity (Wildman–Crippen MR) is 74.2 cm³/mol. The lowest BCUT2D eigenvalue weighted by Crippen LogP contribution is -2.21. The molecule has 0 saturated carbocycles. The van der Waals surface area contributed by atoms with Gasteiger partial charge in [-0.3, -0.25) is 4.79 Å². The van der Waals surface area contributed by atoms with Crippen LogP contribution in [0.15, 0.2) is 0 Å². The summed E-state index contributed by atoms with van der Waals surface area (Å²) in [5.41, 5.74) is 0. The average Bonchev–Trinajstić information content (AvgIpc) is 2.37. The van der Waals surface area contributed by atoms with E-state index in [1.165, 1.54) is 0 Å². The van der Waals surface area contributed by atoms with E-state index in [2.05, 4.69) is 12.2 Å². The van der Waals surface area contributed by atoms with E-state index >= 15 is 0 Å². The maximum atomic E-state index is 11.3. The van der Waals surface area contributed by atoms with Crippen molar-refractivity contribution in [2.24, 2.45) is 0 Å². The third-order valence-corrected chi connectivity index (χ3v) is 2.84. The van der Waals surface area contributed by atoms with Crippen LogP contribution in [0.4, 0.5) is 4.79 Å². The molecule has 0 bridgehead atoms. The third-order valence-electron chi connectivity index (χ3n) is 2.84. The molecule has 112 valence electrons. The smallest absolute Gasteiger partial charge is 0.404 e. The molecule has 5 heteroatoms. The van der Waals surface area contributed by atoms with E-state index in [1.54, 1.807) is 0 Å². The molecule has 0 aromatic carbocycles. The van der Waals surface area contributed by atoms with Crippen molar-refractivity contribution < 1.29 is 19.4 Å². The molecule has 0 fully saturated rings. The summed E-state index contributed by atoms with van der Waals surface area (Å²) in [6.07, 6.45) is 7.47. The van der Waals surface area contributed by atoms with Gasteiger partial charge in [-0.15, -0.1) is 0 Å². The van der Waals surface area contributed by atoms with Crippen molar-refractivity contribution in [3.8, 4) is 0 Å². The highest BCUT2D eigenvalue weighted by molar-refractivity contribution is 5.69. The van der Waals surface area contributed by atoms with Gasteiger partial charge in [0.2, 0.25) is 0 Å². The molecule has 0 aromatic heterocycles. The number of unbranched alkanes of at least 4 members (excludes halogenated alkanes) is 6. The minimum Gasteiger partial charge on any atom is -0.466 e. The molecular weight excluding hydrogens is 246 g/mol. The largest absolute Gasteiger partial charge is 0.466 e. The molecule has 0 aliphatic carbocycles. The van der Waals surface area contributed by atoms with Gasteiger partial charge in [0.1, 0.15) is 0 Å². The molecule has 0 rings (SSSR count). The molecule has 0 aliphatic heterocycles. The van der Waals surface area contributed by atoms with Gasteiger partial charge >= 0.3 is 12.1 Å². The zero-order valence-corrected chi connectivity index (χ0v) is 12.0. The first-order valence-electron chi connectivity index (χ1n) is 7.29. The van der Waals surface area contributed by atoms with Crippen LogP contribution in [0.25, 0.3) is 0 Å². The van der Waals surface area contributed by atoms with Crippen LogP contribution in [-0.4, -0.2) is 30.3 Å². The summed E-state index contributed by atoms with van der Waals surface area (Å²) in [5, 5.41) is 10.7. The van der Waals surface area contributed by atoms with E-state index in [9.17, 15) is 9.59 Å². The first-order valence-corrected chi connectivity index (χ1v) is 7.29. The number of amides is 1. The zero-order valence-electron chi connectivity index (χ0n) is 12.0. The van der Waals surface area contributed by atoms with Crippen LogP contribution in [0, 0.1) is 0 Å². The monoisotopic (exact) mass is 273 g/mol. The molecule has 0 aromatic rings. The second-order valence-corrected chi connectivity index (χ2v) is 4.68. The fourth-order valence-corrected chi connectivity index (χ4v) is 1.73. The highest BCUT2D eigenvalue weighted by atomic mass is 16.5. The minimum absolute atomic E-state index is 0.0938. The molecule has 0 heterocycles. The van der Waals surface area contributed by atoms with E-state index in [0.717, 1.165) is 51.4 Å². The van der Waals surface area contributed by atoms with E-state index in [1.807, 2.05) is 0 Å². The molecular formula is C14H27NO4. The van der Waals surface area contributed by atoms with Gasteiger partial charge < -0.3 is 15.2 Å². The highest BCUT2D eigenvalue weighted by Crippen LogP contribution is 2.06. The lowest BCUT2D eigenvalue weighted by molar-refractivity contribution is -0.143. The van der Waals surface area contributed by atoms with Gasteiger partial charge in [0.15, 0.2) is 0 Å². The summed E-state index contributed by atoms with van der Waals surface area (Å²) in [6.45, 7) is 3.18. The number of hydrogen-bond acceptors (Lipinski definition) is 3. The van der Waals surface area contributed by atoms with Gasteiger partial charge in [0, 0.05) is 13.0 Å². The number of carbonyl (C=O) groups is 2. The molecule has 0 saturated heterocycles. The second-order valence-electron chi connectivity index (χ2n) is 4.68. The third kappa shape index (κ3) is 14.7. The van der Waals surface area contributed by atoms with Crippen LogP contribution in [0.5, 0.6) is 0 Å². The number of rotatable bonds is 12. The Morgan fingerprint density at radius 2 is 1.68 bits per heavy atom. The van der Waals surface area contributed by atoms with Crippen molar-refractivity contribution in [1.82, 2.24) is 5.32 Å². The van der Waals surface area contributed by atoms with Crippen LogP contribution in [0.1, 0.15) is 64.7 Å². The summed E-state index contributed by atoms with van der Waals surface area (Å²) in [7, 11) is 0. The van der Waals surface area contributed by atoms with Crippen molar-refractivity contribution in [1.29, 1.82) is 0 Å². The van der Waals surface area contributed by atoms with Gasteiger partial charge in [0.05, 0.1) is 6.61 Å². The number of esters is 1. The minimum atomic E-state index is -0.967. The Morgan fingerprint density at radius 1 is 1.00 bits per heavy atom. The van der Waals surface area contributed by atoms with Gasteiger partial charge in [-0.25, -0.2) is 4.79 Å². The molecule has 0 radical (unpaired) electrons. The van der Waals surface area contributed by atoms with Crippen molar-refractivity contribution in [2.75, 3.05) is 13.2 Å². The van der Waals surface area contributed by atoms with Gasteiger partial charge in [-0.2, -0.15) is 0 Å². The molecule has 5 nitrogen and oxygen atoms in total. The zero-order chi connectivity index (χ0) is 14.3.